The van der Waals surface area contributed by atoms with E-state index in [0.717, 1.165) is 22.4 Å². The minimum Gasteiger partial charge on any atom is -0.489 e. The standard InChI is InChI=1S/C24H23NO2/c1-19(22-12-6-3-7-13-22)25-24(26)16-15-20-11-8-14-23(17-20)27-18-21-9-4-2-5-10-21/h2-17,19H,18H2,1H3,(H,25,26)/b16-15+. The molecule has 136 valence electrons. The van der Waals surface area contributed by atoms with Gasteiger partial charge in [-0.3, -0.25) is 4.79 Å². The van der Waals surface area contributed by atoms with Gasteiger partial charge in [0.15, 0.2) is 0 Å². The van der Waals surface area contributed by atoms with Gasteiger partial charge >= 0.3 is 0 Å². The van der Waals surface area contributed by atoms with Gasteiger partial charge in [0.25, 0.3) is 0 Å². The van der Waals surface area contributed by atoms with Crippen molar-refractivity contribution in [1.82, 2.24) is 5.32 Å². The average Bonchev–Trinajstić information content (AvgIpc) is 2.72. The highest BCUT2D eigenvalue weighted by molar-refractivity contribution is 5.92. The minimum absolute atomic E-state index is 0.0381. The van der Waals surface area contributed by atoms with E-state index in [-0.39, 0.29) is 11.9 Å². The first-order chi connectivity index (χ1) is 13.2. The number of carbonyl (C=O) groups excluding carboxylic acids is 1. The number of hydrogen-bond donors (Lipinski definition) is 1. The Kier molecular flexibility index (Phi) is 6.42. The van der Waals surface area contributed by atoms with Crippen molar-refractivity contribution >= 4 is 12.0 Å². The molecule has 27 heavy (non-hydrogen) atoms. The third-order valence-corrected chi connectivity index (χ3v) is 4.19. The molecule has 3 aromatic rings. The second-order valence-electron chi connectivity index (χ2n) is 6.32. The summed E-state index contributed by atoms with van der Waals surface area (Å²) in [7, 11) is 0. The van der Waals surface area contributed by atoms with Gasteiger partial charge in [-0.25, -0.2) is 0 Å². The second-order valence-corrected chi connectivity index (χ2v) is 6.32. The van der Waals surface area contributed by atoms with Crippen molar-refractivity contribution in [2.75, 3.05) is 0 Å². The van der Waals surface area contributed by atoms with Crippen LogP contribution in [0.25, 0.3) is 6.08 Å². The summed E-state index contributed by atoms with van der Waals surface area (Å²) in [4.78, 5) is 12.2. The van der Waals surface area contributed by atoms with Crippen molar-refractivity contribution in [2.45, 2.75) is 19.6 Å². The van der Waals surface area contributed by atoms with Crippen LogP contribution < -0.4 is 10.1 Å². The zero-order chi connectivity index (χ0) is 18.9. The molecular weight excluding hydrogens is 334 g/mol. The van der Waals surface area contributed by atoms with Crippen LogP contribution in [0.3, 0.4) is 0 Å². The van der Waals surface area contributed by atoms with Crippen molar-refractivity contribution in [2.24, 2.45) is 0 Å². The quantitative estimate of drug-likeness (QED) is 0.594. The van der Waals surface area contributed by atoms with Gasteiger partial charge in [-0.15, -0.1) is 0 Å². The third kappa shape index (κ3) is 5.86. The van der Waals surface area contributed by atoms with Crippen LogP contribution in [0, 0.1) is 0 Å². The first kappa shape index (κ1) is 18.5. The van der Waals surface area contributed by atoms with Gasteiger partial charge in [0, 0.05) is 6.08 Å². The molecule has 0 aliphatic rings. The molecule has 3 aromatic carbocycles. The van der Waals surface area contributed by atoms with Crippen LogP contribution in [0.1, 0.15) is 29.7 Å². The van der Waals surface area contributed by atoms with Crippen molar-refractivity contribution in [3.63, 3.8) is 0 Å². The lowest BCUT2D eigenvalue weighted by Gasteiger charge is -2.12. The molecule has 0 aromatic heterocycles. The van der Waals surface area contributed by atoms with Gasteiger partial charge < -0.3 is 10.1 Å². The highest BCUT2D eigenvalue weighted by atomic mass is 16.5. The van der Waals surface area contributed by atoms with Crippen molar-refractivity contribution in [1.29, 1.82) is 0 Å². The molecule has 1 atom stereocenters. The van der Waals surface area contributed by atoms with Gasteiger partial charge in [0.1, 0.15) is 12.4 Å². The second kappa shape index (κ2) is 9.39. The van der Waals surface area contributed by atoms with Gasteiger partial charge in [-0.2, -0.15) is 0 Å². The number of ether oxygens (including phenoxy) is 1. The lowest BCUT2D eigenvalue weighted by atomic mass is 10.1. The molecule has 0 bridgehead atoms. The van der Waals surface area contributed by atoms with E-state index in [1.807, 2.05) is 91.9 Å². The maximum absolute atomic E-state index is 12.2. The smallest absolute Gasteiger partial charge is 0.244 e. The predicted octanol–water partition coefficient (Wildman–Crippen LogP) is 5.16. The molecule has 3 heteroatoms. The number of carbonyl (C=O) groups is 1. The molecule has 0 fully saturated rings. The number of hydrogen-bond acceptors (Lipinski definition) is 2. The maximum Gasteiger partial charge on any atom is 0.244 e. The molecule has 3 nitrogen and oxygen atoms in total. The van der Waals surface area contributed by atoms with Gasteiger partial charge in [-0.05, 0) is 41.8 Å². The van der Waals surface area contributed by atoms with E-state index in [1.165, 1.54) is 0 Å². The number of nitrogens with one attached hydrogen (secondary N) is 1. The molecule has 3 rings (SSSR count). The van der Waals surface area contributed by atoms with Gasteiger partial charge in [0.2, 0.25) is 5.91 Å². The summed E-state index contributed by atoms with van der Waals surface area (Å²) in [6, 6.07) is 27.6. The van der Waals surface area contributed by atoms with Gasteiger partial charge in [-0.1, -0.05) is 72.8 Å². The van der Waals surface area contributed by atoms with Crippen molar-refractivity contribution in [3.8, 4) is 5.75 Å². The highest BCUT2D eigenvalue weighted by Crippen LogP contribution is 2.16. The van der Waals surface area contributed by atoms with Crippen LogP contribution in [0.15, 0.2) is 91.0 Å². The van der Waals surface area contributed by atoms with E-state index < -0.39 is 0 Å². The first-order valence-corrected chi connectivity index (χ1v) is 9.01. The Morgan fingerprint density at radius 2 is 1.67 bits per heavy atom. The van der Waals surface area contributed by atoms with Crippen molar-refractivity contribution < 1.29 is 9.53 Å². The maximum atomic E-state index is 12.2. The monoisotopic (exact) mass is 357 g/mol. The lowest BCUT2D eigenvalue weighted by molar-refractivity contribution is -0.117. The molecule has 0 spiro atoms. The fourth-order valence-corrected chi connectivity index (χ4v) is 2.71. The van der Waals surface area contributed by atoms with Crippen LogP contribution in [0.5, 0.6) is 5.75 Å². The van der Waals surface area contributed by atoms with E-state index in [0.29, 0.717) is 6.61 Å². The number of benzene rings is 3. The highest BCUT2D eigenvalue weighted by Gasteiger charge is 2.06. The Hall–Kier alpha value is -3.33. The molecule has 0 aliphatic heterocycles. The molecule has 0 aliphatic carbocycles. The molecule has 0 radical (unpaired) electrons. The molecular formula is C24H23NO2. The Morgan fingerprint density at radius 1 is 0.963 bits per heavy atom. The molecule has 1 unspecified atom stereocenters. The first-order valence-electron chi connectivity index (χ1n) is 9.01. The van der Waals surface area contributed by atoms with E-state index in [2.05, 4.69) is 5.32 Å². The van der Waals surface area contributed by atoms with E-state index >= 15 is 0 Å². The van der Waals surface area contributed by atoms with Crippen molar-refractivity contribution in [3.05, 3.63) is 108 Å². The van der Waals surface area contributed by atoms with Crippen LogP contribution in [-0.4, -0.2) is 5.91 Å². The third-order valence-electron chi connectivity index (χ3n) is 4.19. The predicted molar refractivity (Wildman–Crippen MR) is 109 cm³/mol. The topological polar surface area (TPSA) is 38.3 Å². The summed E-state index contributed by atoms with van der Waals surface area (Å²) >= 11 is 0. The largest absolute Gasteiger partial charge is 0.489 e. The number of amides is 1. The van der Waals surface area contributed by atoms with E-state index in [9.17, 15) is 4.79 Å². The Bertz CT molecular complexity index is 889. The molecule has 1 N–H and O–H groups in total. The fourth-order valence-electron chi connectivity index (χ4n) is 2.71. The zero-order valence-corrected chi connectivity index (χ0v) is 15.3. The van der Waals surface area contributed by atoms with Crippen LogP contribution in [-0.2, 0) is 11.4 Å². The summed E-state index contributed by atoms with van der Waals surface area (Å²) < 4.78 is 5.83. The van der Waals surface area contributed by atoms with E-state index in [4.69, 9.17) is 4.74 Å². The van der Waals surface area contributed by atoms with E-state index in [1.54, 1.807) is 12.2 Å². The summed E-state index contributed by atoms with van der Waals surface area (Å²) in [6.07, 6.45) is 3.35. The van der Waals surface area contributed by atoms with Crippen LogP contribution in [0.4, 0.5) is 0 Å². The summed E-state index contributed by atoms with van der Waals surface area (Å²) in [5, 5.41) is 2.97. The SMILES string of the molecule is CC(NC(=O)/C=C/c1cccc(OCc2ccccc2)c1)c1ccccc1. The minimum atomic E-state index is -0.123. The summed E-state index contributed by atoms with van der Waals surface area (Å²) in [5.41, 5.74) is 3.12. The average molecular weight is 357 g/mol. The Balaban J connectivity index is 1.56. The normalized spacial score (nSPS) is 11.9. The van der Waals surface area contributed by atoms with Crippen LogP contribution >= 0.6 is 0 Å². The molecule has 0 heterocycles. The number of rotatable bonds is 7. The molecule has 0 saturated heterocycles. The summed E-state index contributed by atoms with van der Waals surface area (Å²) in [5.74, 6) is 0.654. The Morgan fingerprint density at radius 3 is 2.41 bits per heavy atom. The molecule has 0 saturated carbocycles. The lowest BCUT2D eigenvalue weighted by Crippen LogP contribution is -2.24. The zero-order valence-electron chi connectivity index (χ0n) is 15.3. The van der Waals surface area contributed by atoms with Gasteiger partial charge in [0.05, 0.1) is 6.04 Å². The summed E-state index contributed by atoms with van der Waals surface area (Å²) in [6.45, 7) is 2.49. The molecule has 1 amide bonds. The fraction of sp³-hybridized carbons (Fsp3) is 0.125. The van der Waals surface area contributed by atoms with Crippen LogP contribution in [0.2, 0.25) is 0 Å². The Labute approximate surface area is 160 Å².